The van der Waals surface area contributed by atoms with Crippen molar-refractivity contribution in [3.63, 3.8) is 0 Å². The maximum absolute atomic E-state index is 9.35. The molecule has 1 heterocycles. The van der Waals surface area contributed by atoms with Crippen molar-refractivity contribution < 1.29 is 14.6 Å². The number of ether oxygens (including phenoxy) is 2. The number of benzene rings is 1. The molecule has 3 heteroatoms. The van der Waals surface area contributed by atoms with E-state index in [0.717, 1.165) is 50.4 Å². The normalized spacial score (nSPS) is 20.8. The molecular weight excluding hydrogens is 216 g/mol. The molecule has 1 aromatic carbocycles. The SMILES string of the molecule is OCC1(Cc2ccc3c(c2)OCCCO3)CC1. The average molecular weight is 234 g/mol. The Labute approximate surface area is 101 Å². The van der Waals surface area contributed by atoms with E-state index in [1.165, 1.54) is 5.56 Å². The largest absolute Gasteiger partial charge is 0.490 e. The van der Waals surface area contributed by atoms with Gasteiger partial charge in [-0.1, -0.05) is 6.07 Å². The Bertz CT molecular complexity index is 410. The van der Waals surface area contributed by atoms with Crippen molar-refractivity contribution in [3.8, 4) is 11.5 Å². The van der Waals surface area contributed by atoms with Gasteiger partial charge in [0.15, 0.2) is 11.5 Å². The van der Waals surface area contributed by atoms with Crippen LogP contribution in [0.2, 0.25) is 0 Å². The molecule has 1 aromatic rings. The van der Waals surface area contributed by atoms with Gasteiger partial charge in [0, 0.05) is 13.0 Å². The number of hydrogen-bond donors (Lipinski definition) is 1. The van der Waals surface area contributed by atoms with Crippen molar-refractivity contribution in [2.45, 2.75) is 25.7 Å². The first-order valence-electron chi connectivity index (χ1n) is 6.31. The standard InChI is InChI=1S/C14H18O3/c15-10-14(4-5-14)9-11-2-3-12-13(8-11)17-7-1-6-16-12/h2-3,8,15H,1,4-7,9-10H2. The molecule has 0 bridgehead atoms. The Balaban J connectivity index is 1.80. The van der Waals surface area contributed by atoms with Crippen molar-refractivity contribution in [2.75, 3.05) is 19.8 Å². The average Bonchev–Trinajstić information content (AvgIpc) is 3.13. The van der Waals surface area contributed by atoms with Crippen LogP contribution in [-0.4, -0.2) is 24.9 Å². The minimum Gasteiger partial charge on any atom is -0.490 e. The first-order valence-corrected chi connectivity index (χ1v) is 6.31. The fraction of sp³-hybridized carbons (Fsp3) is 0.571. The molecule has 92 valence electrons. The zero-order valence-electron chi connectivity index (χ0n) is 9.95. The first kappa shape index (κ1) is 10.9. The van der Waals surface area contributed by atoms with Gasteiger partial charge in [0.2, 0.25) is 0 Å². The number of aliphatic hydroxyl groups excluding tert-OH is 1. The van der Waals surface area contributed by atoms with Crippen LogP contribution in [0.3, 0.4) is 0 Å². The fourth-order valence-electron chi connectivity index (χ4n) is 2.32. The van der Waals surface area contributed by atoms with E-state index in [4.69, 9.17) is 9.47 Å². The lowest BCUT2D eigenvalue weighted by molar-refractivity contribution is 0.211. The summed E-state index contributed by atoms with van der Waals surface area (Å²) in [4.78, 5) is 0. The second-order valence-corrected chi connectivity index (χ2v) is 5.17. The highest BCUT2D eigenvalue weighted by Crippen LogP contribution is 2.48. The summed E-state index contributed by atoms with van der Waals surface area (Å²) in [6.45, 7) is 1.75. The van der Waals surface area contributed by atoms with E-state index in [2.05, 4.69) is 12.1 Å². The maximum Gasteiger partial charge on any atom is 0.161 e. The Morgan fingerprint density at radius 2 is 1.88 bits per heavy atom. The van der Waals surface area contributed by atoms with Gasteiger partial charge in [-0.15, -0.1) is 0 Å². The lowest BCUT2D eigenvalue weighted by Gasteiger charge is -2.13. The number of rotatable bonds is 3. The van der Waals surface area contributed by atoms with E-state index in [9.17, 15) is 5.11 Å². The fourth-order valence-corrected chi connectivity index (χ4v) is 2.32. The van der Waals surface area contributed by atoms with Crippen molar-refractivity contribution in [2.24, 2.45) is 5.41 Å². The van der Waals surface area contributed by atoms with Gasteiger partial charge in [-0.2, -0.15) is 0 Å². The van der Waals surface area contributed by atoms with E-state index < -0.39 is 0 Å². The summed E-state index contributed by atoms with van der Waals surface area (Å²) in [5.41, 5.74) is 1.39. The Kier molecular flexibility index (Phi) is 2.71. The van der Waals surface area contributed by atoms with Gasteiger partial charge in [0.25, 0.3) is 0 Å². The molecule has 2 aliphatic rings. The molecule has 3 rings (SSSR count). The van der Waals surface area contributed by atoms with E-state index in [1.807, 2.05) is 6.07 Å². The third-order valence-electron chi connectivity index (χ3n) is 3.68. The number of fused-ring (bicyclic) bond motifs is 1. The highest BCUT2D eigenvalue weighted by atomic mass is 16.5. The molecule has 1 saturated carbocycles. The minimum atomic E-state index is 0.153. The van der Waals surface area contributed by atoms with Crippen LogP contribution >= 0.6 is 0 Å². The van der Waals surface area contributed by atoms with Crippen molar-refractivity contribution in [1.29, 1.82) is 0 Å². The molecule has 0 spiro atoms. The predicted octanol–water partition coefficient (Wildman–Crippen LogP) is 2.16. The molecule has 1 N–H and O–H groups in total. The molecule has 1 aliphatic carbocycles. The van der Waals surface area contributed by atoms with Gasteiger partial charge >= 0.3 is 0 Å². The molecule has 1 aliphatic heterocycles. The van der Waals surface area contributed by atoms with Crippen molar-refractivity contribution in [3.05, 3.63) is 23.8 Å². The van der Waals surface area contributed by atoms with Crippen LogP contribution in [0.25, 0.3) is 0 Å². The molecule has 3 nitrogen and oxygen atoms in total. The van der Waals surface area contributed by atoms with Gasteiger partial charge in [0.1, 0.15) is 0 Å². The summed E-state index contributed by atoms with van der Waals surface area (Å²) in [6.07, 6.45) is 4.15. The van der Waals surface area contributed by atoms with E-state index in [0.29, 0.717) is 6.61 Å². The number of aliphatic hydroxyl groups is 1. The quantitative estimate of drug-likeness (QED) is 0.871. The second kappa shape index (κ2) is 4.22. The smallest absolute Gasteiger partial charge is 0.161 e. The molecule has 17 heavy (non-hydrogen) atoms. The molecule has 0 saturated heterocycles. The molecule has 0 unspecified atom stereocenters. The third-order valence-corrected chi connectivity index (χ3v) is 3.68. The summed E-state index contributed by atoms with van der Waals surface area (Å²) in [6, 6.07) is 6.14. The van der Waals surface area contributed by atoms with E-state index >= 15 is 0 Å². The van der Waals surface area contributed by atoms with Crippen LogP contribution in [0, 0.1) is 5.41 Å². The molecule has 0 radical (unpaired) electrons. The first-order chi connectivity index (χ1) is 8.31. The summed E-state index contributed by atoms with van der Waals surface area (Å²) >= 11 is 0. The zero-order chi connectivity index (χ0) is 11.7. The summed E-state index contributed by atoms with van der Waals surface area (Å²) < 4.78 is 11.3. The lowest BCUT2D eigenvalue weighted by Crippen LogP contribution is -2.10. The third kappa shape index (κ3) is 2.25. The Hall–Kier alpha value is -1.22. The topological polar surface area (TPSA) is 38.7 Å². The summed E-state index contributed by atoms with van der Waals surface area (Å²) in [5.74, 6) is 1.70. The highest BCUT2D eigenvalue weighted by molar-refractivity contribution is 5.43. The molecule has 0 atom stereocenters. The van der Waals surface area contributed by atoms with Crippen molar-refractivity contribution in [1.82, 2.24) is 0 Å². The summed E-state index contributed by atoms with van der Waals surface area (Å²) in [7, 11) is 0. The van der Waals surface area contributed by atoms with Crippen LogP contribution in [0.5, 0.6) is 11.5 Å². The van der Waals surface area contributed by atoms with Gasteiger partial charge in [0.05, 0.1) is 13.2 Å². The van der Waals surface area contributed by atoms with Gasteiger partial charge < -0.3 is 14.6 Å². The lowest BCUT2D eigenvalue weighted by atomic mass is 9.97. The Morgan fingerprint density at radius 1 is 1.12 bits per heavy atom. The highest BCUT2D eigenvalue weighted by Gasteiger charge is 2.41. The molecule has 1 fully saturated rings. The minimum absolute atomic E-state index is 0.153. The van der Waals surface area contributed by atoms with Gasteiger partial charge in [-0.3, -0.25) is 0 Å². The van der Waals surface area contributed by atoms with E-state index in [-0.39, 0.29) is 5.41 Å². The molecule has 0 amide bonds. The van der Waals surface area contributed by atoms with Crippen LogP contribution in [0.4, 0.5) is 0 Å². The van der Waals surface area contributed by atoms with Gasteiger partial charge in [-0.25, -0.2) is 0 Å². The predicted molar refractivity (Wildman–Crippen MR) is 64.5 cm³/mol. The van der Waals surface area contributed by atoms with E-state index in [1.54, 1.807) is 0 Å². The van der Waals surface area contributed by atoms with Gasteiger partial charge in [-0.05, 0) is 42.4 Å². The van der Waals surface area contributed by atoms with Crippen molar-refractivity contribution >= 4 is 0 Å². The summed E-state index contributed by atoms with van der Waals surface area (Å²) in [5, 5.41) is 9.35. The van der Waals surface area contributed by atoms with Crippen LogP contribution in [0.15, 0.2) is 18.2 Å². The second-order valence-electron chi connectivity index (χ2n) is 5.17. The zero-order valence-corrected chi connectivity index (χ0v) is 9.95. The molecule has 0 aromatic heterocycles. The monoisotopic (exact) mass is 234 g/mol. The van der Waals surface area contributed by atoms with Crippen LogP contribution < -0.4 is 9.47 Å². The number of hydrogen-bond acceptors (Lipinski definition) is 3. The maximum atomic E-state index is 9.35. The Morgan fingerprint density at radius 3 is 2.59 bits per heavy atom. The van der Waals surface area contributed by atoms with Crippen LogP contribution in [0.1, 0.15) is 24.8 Å². The molecular formula is C14H18O3. The van der Waals surface area contributed by atoms with Crippen LogP contribution in [-0.2, 0) is 6.42 Å².